The van der Waals surface area contributed by atoms with Crippen molar-refractivity contribution in [1.82, 2.24) is 5.32 Å². The van der Waals surface area contributed by atoms with Gasteiger partial charge < -0.3 is 10.1 Å². The third-order valence-electron chi connectivity index (χ3n) is 6.75. The van der Waals surface area contributed by atoms with Crippen LogP contribution in [0.1, 0.15) is 48.3 Å². The summed E-state index contributed by atoms with van der Waals surface area (Å²) < 4.78 is 6.78. The molecule has 2 aliphatic rings. The predicted molar refractivity (Wildman–Crippen MR) is 144 cm³/mol. The lowest BCUT2D eigenvalue weighted by Gasteiger charge is -2.37. The number of halogens is 1. The Morgan fingerprint density at radius 1 is 0.943 bits per heavy atom. The molecular formula is C30H26INO3. The van der Waals surface area contributed by atoms with E-state index in [-0.39, 0.29) is 18.3 Å². The van der Waals surface area contributed by atoms with Crippen molar-refractivity contribution in [2.45, 2.75) is 38.2 Å². The molecule has 0 saturated heterocycles. The standard InChI is InChI=1S/C30H26INO3/c1-19-27(30(34)35-18-20-10-4-2-5-11-20)28(23-14-8-9-15-24(23)31)29-25(32-19)16-22(17-26(29)33)21-12-6-3-7-13-21/h2-15,22,28,32H,16-18H2,1H3/t22-,28-/m1/s1. The molecule has 5 rings (SSSR count). The summed E-state index contributed by atoms with van der Waals surface area (Å²) in [7, 11) is 0. The zero-order valence-corrected chi connectivity index (χ0v) is 21.6. The number of dihydropyridines is 1. The highest BCUT2D eigenvalue weighted by Crippen LogP contribution is 2.46. The molecule has 4 nitrogen and oxygen atoms in total. The van der Waals surface area contributed by atoms with E-state index in [1.165, 1.54) is 0 Å². The summed E-state index contributed by atoms with van der Waals surface area (Å²) in [6, 6.07) is 27.8. The summed E-state index contributed by atoms with van der Waals surface area (Å²) in [6.45, 7) is 2.09. The van der Waals surface area contributed by atoms with Gasteiger partial charge in [0.05, 0.1) is 5.57 Å². The molecule has 176 valence electrons. The lowest BCUT2D eigenvalue weighted by molar-refractivity contribution is -0.140. The Morgan fingerprint density at radius 3 is 2.31 bits per heavy atom. The molecular weight excluding hydrogens is 549 g/mol. The van der Waals surface area contributed by atoms with Gasteiger partial charge in [-0.15, -0.1) is 0 Å². The number of hydrogen-bond acceptors (Lipinski definition) is 4. The molecule has 0 amide bonds. The van der Waals surface area contributed by atoms with Crippen molar-refractivity contribution < 1.29 is 14.3 Å². The fourth-order valence-electron chi connectivity index (χ4n) is 5.09. The number of esters is 1. The van der Waals surface area contributed by atoms with Crippen LogP contribution in [0.25, 0.3) is 0 Å². The van der Waals surface area contributed by atoms with Gasteiger partial charge in [-0.25, -0.2) is 4.79 Å². The van der Waals surface area contributed by atoms with E-state index in [1.807, 2.05) is 79.7 Å². The van der Waals surface area contributed by atoms with Crippen molar-refractivity contribution >= 4 is 34.3 Å². The Morgan fingerprint density at radius 2 is 1.60 bits per heavy atom. The van der Waals surface area contributed by atoms with E-state index >= 15 is 0 Å². The Balaban J connectivity index is 1.53. The Bertz CT molecular complexity index is 1330. The van der Waals surface area contributed by atoms with Crippen LogP contribution >= 0.6 is 22.6 Å². The summed E-state index contributed by atoms with van der Waals surface area (Å²) in [5.74, 6) is -0.650. The van der Waals surface area contributed by atoms with E-state index in [9.17, 15) is 9.59 Å². The molecule has 1 aliphatic heterocycles. The summed E-state index contributed by atoms with van der Waals surface area (Å²) in [6.07, 6.45) is 1.16. The highest BCUT2D eigenvalue weighted by molar-refractivity contribution is 14.1. The van der Waals surface area contributed by atoms with Crippen molar-refractivity contribution in [3.8, 4) is 0 Å². The number of benzene rings is 3. The van der Waals surface area contributed by atoms with Gasteiger partial charge in [0.25, 0.3) is 0 Å². The van der Waals surface area contributed by atoms with Crippen LogP contribution < -0.4 is 5.32 Å². The summed E-state index contributed by atoms with van der Waals surface area (Å²) in [4.78, 5) is 27.2. The maximum Gasteiger partial charge on any atom is 0.337 e. The fourth-order valence-corrected chi connectivity index (χ4v) is 5.79. The summed E-state index contributed by atoms with van der Waals surface area (Å²) in [5, 5.41) is 3.43. The number of ketones is 1. The van der Waals surface area contributed by atoms with Crippen LogP contribution in [0.4, 0.5) is 0 Å². The maximum absolute atomic E-state index is 13.7. The first-order valence-corrected chi connectivity index (χ1v) is 12.8. The second-order valence-electron chi connectivity index (χ2n) is 9.01. The van der Waals surface area contributed by atoms with Crippen LogP contribution in [-0.4, -0.2) is 11.8 Å². The molecule has 3 aromatic rings. The smallest absolute Gasteiger partial charge is 0.337 e. The van der Waals surface area contributed by atoms with Crippen molar-refractivity contribution in [2.75, 3.05) is 0 Å². The minimum Gasteiger partial charge on any atom is -0.457 e. The van der Waals surface area contributed by atoms with E-state index in [4.69, 9.17) is 4.74 Å². The van der Waals surface area contributed by atoms with Crippen molar-refractivity contribution in [1.29, 1.82) is 0 Å². The van der Waals surface area contributed by atoms with Gasteiger partial charge in [0.15, 0.2) is 5.78 Å². The number of carbonyl (C=O) groups is 2. The van der Waals surface area contributed by atoms with Gasteiger partial charge in [-0.05, 0) is 64.6 Å². The number of nitrogens with one attached hydrogen (secondary N) is 1. The minimum atomic E-state index is -0.452. The lowest BCUT2D eigenvalue weighted by atomic mass is 9.72. The third kappa shape index (κ3) is 4.82. The number of Topliss-reactive ketones (excluding diaryl/α,β-unsaturated/α-hetero) is 1. The maximum atomic E-state index is 13.7. The van der Waals surface area contributed by atoms with Crippen molar-refractivity contribution in [2.24, 2.45) is 0 Å². The van der Waals surface area contributed by atoms with Gasteiger partial charge >= 0.3 is 5.97 Å². The Labute approximate surface area is 219 Å². The van der Waals surface area contributed by atoms with E-state index in [1.54, 1.807) is 0 Å². The molecule has 3 aromatic carbocycles. The topological polar surface area (TPSA) is 55.4 Å². The van der Waals surface area contributed by atoms with E-state index in [0.29, 0.717) is 17.6 Å². The first kappa shape index (κ1) is 23.5. The minimum absolute atomic E-state index is 0.0816. The Kier molecular flexibility index (Phi) is 6.86. The molecule has 0 bridgehead atoms. The number of ether oxygens (including phenoxy) is 1. The van der Waals surface area contributed by atoms with Crippen molar-refractivity contribution in [3.63, 3.8) is 0 Å². The van der Waals surface area contributed by atoms with Crippen LogP contribution in [0.5, 0.6) is 0 Å². The van der Waals surface area contributed by atoms with Gasteiger partial charge in [-0.2, -0.15) is 0 Å². The fraction of sp³-hybridized carbons (Fsp3) is 0.200. The number of hydrogen-bond donors (Lipinski definition) is 1. The van der Waals surface area contributed by atoms with Crippen LogP contribution in [0.3, 0.4) is 0 Å². The second-order valence-corrected chi connectivity index (χ2v) is 10.2. The number of allylic oxidation sites excluding steroid dienone is 3. The first-order valence-electron chi connectivity index (χ1n) is 11.8. The second kappa shape index (κ2) is 10.2. The molecule has 1 N–H and O–H groups in total. The quantitative estimate of drug-likeness (QED) is 0.283. The van der Waals surface area contributed by atoms with Crippen LogP contribution in [0.15, 0.2) is 107 Å². The van der Waals surface area contributed by atoms with Crippen LogP contribution in [0, 0.1) is 3.57 Å². The average molecular weight is 575 g/mol. The van der Waals surface area contributed by atoms with Gasteiger partial charge in [0, 0.05) is 32.9 Å². The average Bonchev–Trinajstić information content (AvgIpc) is 2.88. The first-order chi connectivity index (χ1) is 17.0. The summed E-state index contributed by atoms with van der Waals surface area (Å²) in [5.41, 5.74) is 5.90. The molecule has 0 saturated carbocycles. The SMILES string of the molecule is CC1=C(C(=O)OCc2ccccc2)[C@@H](c2ccccc2I)C2=C(C[C@@H](c3ccccc3)CC2=O)N1. The van der Waals surface area contributed by atoms with Gasteiger partial charge in [0.2, 0.25) is 0 Å². The summed E-state index contributed by atoms with van der Waals surface area (Å²) >= 11 is 2.29. The molecule has 35 heavy (non-hydrogen) atoms. The molecule has 0 fully saturated rings. The largest absolute Gasteiger partial charge is 0.457 e. The van der Waals surface area contributed by atoms with Gasteiger partial charge in [-0.3, -0.25) is 4.79 Å². The van der Waals surface area contributed by atoms with Gasteiger partial charge in [0.1, 0.15) is 6.61 Å². The molecule has 1 aliphatic carbocycles. The molecule has 0 unspecified atom stereocenters. The van der Waals surface area contributed by atoms with Crippen molar-refractivity contribution in [3.05, 3.63) is 128 Å². The molecule has 1 heterocycles. The molecule has 0 radical (unpaired) electrons. The highest BCUT2D eigenvalue weighted by Gasteiger charge is 2.42. The monoisotopic (exact) mass is 575 g/mol. The molecule has 2 atom stereocenters. The predicted octanol–water partition coefficient (Wildman–Crippen LogP) is 6.40. The Hall–Kier alpha value is -3.19. The third-order valence-corrected chi connectivity index (χ3v) is 7.73. The highest BCUT2D eigenvalue weighted by atomic mass is 127. The van der Waals surface area contributed by atoms with Gasteiger partial charge in [-0.1, -0.05) is 78.9 Å². The number of carbonyl (C=O) groups excluding carboxylic acids is 2. The normalized spacial score (nSPS) is 19.8. The number of rotatable bonds is 5. The molecule has 0 aromatic heterocycles. The van der Waals surface area contributed by atoms with E-state index in [0.717, 1.165) is 38.1 Å². The molecule has 0 spiro atoms. The van der Waals surface area contributed by atoms with E-state index < -0.39 is 11.9 Å². The van der Waals surface area contributed by atoms with Crippen LogP contribution in [0.2, 0.25) is 0 Å². The zero-order valence-electron chi connectivity index (χ0n) is 19.5. The van der Waals surface area contributed by atoms with E-state index in [2.05, 4.69) is 40.0 Å². The molecule has 5 heteroatoms. The van der Waals surface area contributed by atoms with Crippen LogP contribution in [-0.2, 0) is 20.9 Å². The zero-order chi connectivity index (χ0) is 24.4. The lowest BCUT2D eigenvalue weighted by Crippen LogP contribution is -2.36.